The van der Waals surface area contributed by atoms with Crippen molar-refractivity contribution in [1.29, 1.82) is 0 Å². The van der Waals surface area contributed by atoms with Crippen LogP contribution in [0.2, 0.25) is 0 Å². The van der Waals surface area contributed by atoms with Crippen LogP contribution in [0.25, 0.3) is 0 Å². The van der Waals surface area contributed by atoms with Crippen molar-refractivity contribution in [3.05, 3.63) is 51.2 Å². The van der Waals surface area contributed by atoms with E-state index in [1.807, 2.05) is 6.07 Å². The molecule has 0 spiro atoms. The number of nitrogens with two attached hydrogens (primary N) is 1. The molecule has 5 heteroatoms. The number of thiophene rings is 1. The first kappa shape index (κ1) is 16.2. The van der Waals surface area contributed by atoms with Gasteiger partial charge in [0.05, 0.1) is 4.88 Å². The smallest absolute Gasteiger partial charge is 0.265 e. The van der Waals surface area contributed by atoms with Gasteiger partial charge in [-0.2, -0.15) is 0 Å². The van der Waals surface area contributed by atoms with Gasteiger partial charge in [0.25, 0.3) is 5.91 Å². The molecular weight excluding hydrogens is 296 g/mol. The molecule has 1 aromatic heterocycles. The first-order chi connectivity index (χ1) is 10.5. The molecule has 2 aromatic rings. The maximum absolute atomic E-state index is 12.4. The maximum atomic E-state index is 12.4. The minimum Gasteiger partial charge on any atom is -0.366 e. The number of anilines is 1. The van der Waals surface area contributed by atoms with Crippen LogP contribution in [-0.4, -0.2) is 11.8 Å². The van der Waals surface area contributed by atoms with Gasteiger partial charge in [0, 0.05) is 16.1 Å². The highest BCUT2D eigenvalue weighted by atomic mass is 32.1. The normalized spacial score (nSPS) is 10.5. The molecule has 0 fully saturated rings. The first-order valence-electron chi connectivity index (χ1n) is 7.38. The summed E-state index contributed by atoms with van der Waals surface area (Å²) in [6.07, 6.45) is 2.99. The minimum atomic E-state index is -0.509. The van der Waals surface area contributed by atoms with Gasteiger partial charge in [0.1, 0.15) is 0 Å². The SMILES string of the molecule is CCCc1sc(C(=O)Nc2cccc(C(N)=O)c2)cc1CC. The summed E-state index contributed by atoms with van der Waals surface area (Å²) in [5, 5.41) is 2.82. The largest absolute Gasteiger partial charge is 0.366 e. The molecule has 0 bridgehead atoms. The predicted octanol–water partition coefficient (Wildman–Crippen LogP) is 3.61. The Morgan fingerprint density at radius 3 is 2.64 bits per heavy atom. The Bertz CT molecular complexity index is 692. The van der Waals surface area contributed by atoms with Gasteiger partial charge in [-0.1, -0.05) is 26.3 Å². The summed E-state index contributed by atoms with van der Waals surface area (Å²) in [6, 6.07) is 8.61. The molecule has 0 aliphatic heterocycles. The maximum Gasteiger partial charge on any atom is 0.265 e. The predicted molar refractivity (Wildman–Crippen MR) is 90.6 cm³/mol. The fourth-order valence-corrected chi connectivity index (χ4v) is 3.51. The summed E-state index contributed by atoms with van der Waals surface area (Å²) >= 11 is 1.54. The molecule has 0 unspecified atom stereocenters. The van der Waals surface area contributed by atoms with Crippen molar-refractivity contribution in [1.82, 2.24) is 0 Å². The third-order valence-electron chi connectivity index (χ3n) is 3.38. The highest BCUT2D eigenvalue weighted by Gasteiger charge is 2.14. The second kappa shape index (κ2) is 7.22. The average Bonchev–Trinajstić information content (AvgIpc) is 2.91. The lowest BCUT2D eigenvalue weighted by atomic mass is 10.1. The standard InChI is InChI=1S/C17H20N2O2S/c1-3-6-14-11(4-2)10-15(22-14)17(21)19-13-8-5-7-12(9-13)16(18)20/h5,7-10H,3-4,6H2,1-2H3,(H2,18,20)(H,19,21). The Labute approximate surface area is 134 Å². The highest BCUT2D eigenvalue weighted by Crippen LogP contribution is 2.25. The topological polar surface area (TPSA) is 72.2 Å². The molecule has 1 aromatic carbocycles. The summed E-state index contributed by atoms with van der Waals surface area (Å²) in [7, 11) is 0. The molecule has 22 heavy (non-hydrogen) atoms. The van der Waals surface area contributed by atoms with Crippen molar-refractivity contribution >= 4 is 28.8 Å². The van der Waals surface area contributed by atoms with Gasteiger partial charge in [-0.25, -0.2) is 0 Å². The van der Waals surface area contributed by atoms with Crippen LogP contribution in [0.15, 0.2) is 30.3 Å². The molecule has 1 heterocycles. The van der Waals surface area contributed by atoms with Crippen LogP contribution in [0, 0.1) is 0 Å². The number of aryl methyl sites for hydroxylation is 2. The van der Waals surface area contributed by atoms with Gasteiger partial charge in [0.2, 0.25) is 5.91 Å². The van der Waals surface area contributed by atoms with E-state index in [4.69, 9.17) is 5.73 Å². The molecule has 0 atom stereocenters. The molecule has 0 saturated carbocycles. The van der Waals surface area contributed by atoms with Crippen LogP contribution >= 0.6 is 11.3 Å². The van der Waals surface area contributed by atoms with E-state index in [1.165, 1.54) is 10.4 Å². The third kappa shape index (κ3) is 3.74. The van der Waals surface area contributed by atoms with Crippen molar-refractivity contribution < 1.29 is 9.59 Å². The van der Waals surface area contributed by atoms with E-state index in [9.17, 15) is 9.59 Å². The third-order valence-corrected chi connectivity index (χ3v) is 4.62. The number of carbonyl (C=O) groups excluding carboxylic acids is 2. The Kier molecular flexibility index (Phi) is 5.33. The Balaban J connectivity index is 2.18. The molecule has 0 aliphatic carbocycles. The van der Waals surface area contributed by atoms with Gasteiger partial charge < -0.3 is 11.1 Å². The Hall–Kier alpha value is -2.14. The quantitative estimate of drug-likeness (QED) is 0.854. The summed E-state index contributed by atoms with van der Waals surface area (Å²) in [4.78, 5) is 25.5. The fraction of sp³-hybridized carbons (Fsp3) is 0.294. The van der Waals surface area contributed by atoms with Crippen molar-refractivity contribution in [2.24, 2.45) is 5.73 Å². The molecule has 4 nitrogen and oxygen atoms in total. The molecule has 116 valence electrons. The van der Waals surface area contributed by atoms with Gasteiger partial charge in [-0.05, 0) is 42.7 Å². The fourth-order valence-electron chi connectivity index (χ4n) is 2.26. The van der Waals surface area contributed by atoms with Gasteiger partial charge in [-0.3, -0.25) is 9.59 Å². The zero-order chi connectivity index (χ0) is 16.1. The Morgan fingerprint density at radius 2 is 2.00 bits per heavy atom. The second-order valence-corrected chi connectivity index (χ2v) is 6.20. The van der Waals surface area contributed by atoms with E-state index in [-0.39, 0.29) is 5.91 Å². The number of rotatable bonds is 6. The van der Waals surface area contributed by atoms with E-state index in [2.05, 4.69) is 19.2 Å². The number of hydrogen-bond acceptors (Lipinski definition) is 3. The number of benzene rings is 1. The number of amides is 2. The number of hydrogen-bond donors (Lipinski definition) is 2. The molecular formula is C17H20N2O2S. The van der Waals surface area contributed by atoms with Crippen molar-refractivity contribution in [3.8, 4) is 0 Å². The van der Waals surface area contributed by atoms with Gasteiger partial charge in [0.15, 0.2) is 0 Å². The van der Waals surface area contributed by atoms with Gasteiger partial charge >= 0.3 is 0 Å². The van der Waals surface area contributed by atoms with Crippen molar-refractivity contribution in [2.45, 2.75) is 33.1 Å². The van der Waals surface area contributed by atoms with Crippen LogP contribution in [-0.2, 0) is 12.8 Å². The molecule has 0 aliphatic rings. The first-order valence-corrected chi connectivity index (χ1v) is 8.19. The van der Waals surface area contributed by atoms with Crippen LogP contribution < -0.4 is 11.1 Å². The summed E-state index contributed by atoms with van der Waals surface area (Å²) < 4.78 is 0. The summed E-state index contributed by atoms with van der Waals surface area (Å²) in [5.74, 6) is -0.658. The lowest BCUT2D eigenvalue weighted by Gasteiger charge is -2.04. The van der Waals surface area contributed by atoms with Gasteiger partial charge in [-0.15, -0.1) is 11.3 Å². The monoisotopic (exact) mass is 316 g/mol. The minimum absolute atomic E-state index is 0.149. The number of primary amides is 1. The summed E-state index contributed by atoms with van der Waals surface area (Å²) in [6.45, 7) is 4.23. The van der Waals surface area contributed by atoms with E-state index >= 15 is 0 Å². The number of nitrogens with one attached hydrogen (secondary N) is 1. The molecule has 3 N–H and O–H groups in total. The van der Waals surface area contributed by atoms with Crippen molar-refractivity contribution in [3.63, 3.8) is 0 Å². The summed E-state index contributed by atoms with van der Waals surface area (Å²) in [5.41, 5.74) is 7.44. The van der Waals surface area contributed by atoms with Crippen LogP contribution in [0.5, 0.6) is 0 Å². The molecule has 2 amide bonds. The van der Waals surface area contributed by atoms with E-state index in [1.54, 1.807) is 35.6 Å². The lowest BCUT2D eigenvalue weighted by molar-refractivity contribution is 0.0996. The highest BCUT2D eigenvalue weighted by molar-refractivity contribution is 7.14. The average molecular weight is 316 g/mol. The lowest BCUT2D eigenvalue weighted by Crippen LogP contribution is -2.13. The Morgan fingerprint density at radius 1 is 1.23 bits per heavy atom. The van der Waals surface area contributed by atoms with E-state index in [0.29, 0.717) is 16.1 Å². The van der Waals surface area contributed by atoms with Crippen LogP contribution in [0.1, 0.15) is 50.7 Å². The molecule has 0 saturated heterocycles. The van der Waals surface area contributed by atoms with Crippen LogP contribution in [0.3, 0.4) is 0 Å². The zero-order valence-electron chi connectivity index (χ0n) is 12.8. The molecule has 0 radical (unpaired) electrons. The number of carbonyl (C=O) groups is 2. The van der Waals surface area contributed by atoms with Crippen molar-refractivity contribution in [2.75, 3.05) is 5.32 Å². The zero-order valence-corrected chi connectivity index (χ0v) is 13.6. The van der Waals surface area contributed by atoms with Crippen LogP contribution in [0.4, 0.5) is 5.69 Å². The second-order valence-electron chi connectivity index (χ2n) is 5.06. The van der Waals surface area contributed by atoms with E-state index in [0.717, 1.165) is 19.3 Å². The molecule has 2 rings (SSSR count). The van der Waals surface area contributed by atoms with E-state index < -0.39 is 5.91 Å².